The second-order valence-corrected chi connectivity index (χ2v) is 9.16. The van der Waals surface area contributed by atoms with Gasteiger partial charge in [-0.05, 0) is 44.0 Å². The third-order valence-corrected chi connectivity index (χ3v) is 6.90. The van der Waals surface area contributed by atoms with Crippen molar-refractivity contribution in [3.63, 3.8) is 0 Å². The highest BCUT2D eigenvalue weighted by Gasteiger charge is 2.20. The minimum atomic E-state index is -0.385. The van der Waals surface area contributed by atoms with Gasteiger partial charge in [0.2, 0.25) is 0 Å². The number of hydrogen-bond acceptors (Lipinski definition) is 4. The molecule has 0 radical (unpaired) electrons. The lowest BCUT2D eigenvalue weighted by molar-refractivity contribution is 0.0942. The SMILES string of the molecule is CN=CC=Nc1ccc(F)c(CNC(=O)c2cc(SC3C=CC(Cl)CC3)c(C)n2C)c1. The third kappa shape index (κ3) is 6.08. The predicted octanol–water partition coefficient (Wildman–Crippen LogP) is 5.22. The average molecular weight is 461 g/mol. The number of rotatable bonds is 7. The topological polar surface area (TPSA) is 58.8 Å². The molecule has 2 aromatic rings. The summed E-state index contributed by atoms with van der Waals surface area (Å²) >= 11 is 7.87. The van der Waals surface area contributed by atoms with E-state index in [2.05, 4.69) is 21.4 Å². The number of thioether (sulfide) groups is 1. The predicted molar refractivity (Wildman–Crippen MR) is 128 cm³/mol. The number of amides is 1. The largest absolute Gasteiger partial charge is 0.347 e. The number of carbonyl (C=O) groups excluding carboxylic acids is 1. The Morgan fingerprint density at radius 2 is 2.13 bits per heavy atom. The van der Waals surface area contributed by atoms with Crippen LogP contribution in [-0.2, 0) is 13.6 Å². The van der Waals surface area contributed by atoms with E-state index in [-0.39, 0.29) is 23.6 Å². The van der Waals surface area contributed by atoms with Gasteiger partial charge in [-0.3, -0.25) is 14.8 Å². The normalized spacial score (nSPS) is 18.9. The number of alkyl halides is 1. The molecule has 31 heavy (non-hydrogen) atoms. The van der Waals surface area contributed by atoms with Crippen molar-refractivity contribution in [1.29, 1.82) is 0 Å². The van der Waals surface area contributed by atoms with Crippen LogP contribution in [0.4, 0.5) is 10.1 Å². The third-order valence-electron chi connectivity index (χ3n) is 5.17. The van der Waals surface area contributed by atoms with E-state index in [1.54, 1.807) is 37.2 Å². The number of nitrogens with one attached hydrogen (secondary N) is 1. The van der Waals surface area contributed by atoms with Crippen LogP contribution in [0.3, 0.4) is 0 Å². The zero-order valence-electron chi connectivity index (χ0n) is 17.8. The van der Waals surface area contributed by atoms with Crippen LogP contribution in [0, 0.1) is 12.7 Å². The summed E-state index contributed by atoms with van der Waals surface area (Å²) < 4.78 is 16.1. The Bertz CT molecular complexity index is 1030. The van der Waals surface area contributed by atoms with Crippen molar-refractivity contribution in [3.8, 4) is 0 Å². The number of hydrogen-bond donors (Lipinski definition) is 1. The van der Waals surface area contributed by atoms with Crippen molar-refractivity contribution in [1.82, 2.24) is 9.88 Å². The molecule has 1 aromatic carbocycles. The van der Waals surface area contributed by atoms with Crippen LogP contribution in [0.5, 0.6) is 0 Å². The molecule has 2 atom stereocenters. The first-order valence-corrected chi connectivity index (χ1v) is 11.4. The molecule has 0 bridgehead atoms. The van der Waals surface area contributed by atoms with Gasteiger partial charge in [0.1, 0.15) is 11.5 Å². The molecule has 1 aliphatic carbocycles. The van der Waals surface area contributed by atoms with Crippen LogP contribution in [0.15, 0.2) is 51.3 Å². The summed E-state index contributed by atoms with van der Waals surface area (Å²) in [6.45, 7) is 2.07. The molecule has 1 aromatic heterocycles. The van der Waals surface area contributed by atoms with Crippen molar-refractivity contribution in [2.45, 2.75) is 41.8 Å². The van der Waals surface area contributed by atoms with E-state index >= 15 is 0 Å². The van der Waals surface area contributed by atoms with Gasteiger partial charge in [-0.25, -0.2) is 4.39 Å². The first-order valence-electron chi connectivity index (χ1n) is 10.1. The maximum Gasteiger partial charge on any atom is 0.268 e. The van der Waals surface area contributed by atoms with E-state index in [0.717, 1.165) is 23.4 Å². The zero-order chi connectivity index (χ0) is 22.4. The molecule has 0 saturated heterocycles. The Kier molecular flexibility index (Phi) is 8.09. The fourth-order valence-electron chi connectivity index (χ4n) is 3.26. The van der Waals surface area contributed by atoms with Gasteiger partial charge >= 0.3 is 0 Å². The monoisotopic (exact) mass is 460 g/mol. The number of benzene rings is 1. The van der Waals surface area contributed by atoms with Crippen LogP contribution in [0.1, 0.15) is 34.6 Å². The van der Waals surface area contributed by atoms with Crippen molar-refractivity contribution in [2.24, 2.45) is 17.0 Å². The Morgan fingerprint density at radius 3 is 2.84 bits per heavy atom. The summed E-state index contributed by atoms with van der Waals surface area (Å²) in [6, 6.07) is 6.45. The molecular formula is C23H26ClFN4OS. The maximum absolute atomic E-state index is 14.2. The lowest BCUT2D eigenvalue weighted by Crippen LogP contribution is -2.25. The van der Waals surface area contributed by atoms with Gasteiger partial charge in [-0.15, -0.1) is 23.4 Å². The highest BCUT2D eigenvalue weighted by molar-refractivity contribution is 8.00. The minimum Gasteiger partial charge on any atom is -0.347 e. The number of carbonyl (C=O) groups is 1. The lowest BCUT2D eigenvalue weighted by Gasteiger charge is -2.18. The quantitative estimate of drug-likeness (QED) is 0.349. The molecule has 1 amide bonds. The van der Waals surface area contributed by atoms with Crippen molar-refractivity contribution >= 4 is 47.4 Å². The van der Waals surface area contributed by atoms with Crippen molar-refractivity contribution < 1.29 is 9.18 Å². The Morgan fingerprint density at radius 1 is 1.32 bits per heavy atom. The molecule has 0 aliphatic heterocycles. The zero-order valence-corrected chi connectivity index (χ0v) is 19.4. The Labute approximate surface area is 191 Å². The molecule has 1 N–H and O–H groups in total. The van der Waals surface area contributed by atoms with E-state index in [4.69, 9.17) is 11.6 Å². The average Bonchev–Trinajstić information content (AvgIpc) is 3.04. The van der Waals surface area contributed by atoms with Crippen LogP contribution < -0.4 is 5.32 Å². The highest BCUT2D eigenvalue weighted by Crippen LogP contribution is 2.34. The van der Waals surface area contributed by atoms with Gasteiger partial charge < -0.3 is 9.88 Å². The first kappa shape index (κ1) is 23.3. The highest BCUT2D eigenvalue weighted by atomic mass is 35.5. The van der Waals surface area contributed by atoms with Crippen LogP contribution >= 0.6 is 23.4 Å². The fraction of sp³-hybridized carbons (Fsp3) is 0.348. The van der Waals surface area contributed by atoms with Crippen molar-refractivity contribution in [3.05, 3.63) is 59.2 Å². The molecule has 0 saturated carbocycles. The number of allylic oxidation sites excluding steroid dienone is 1. The Balaban J connectivity index is 1.68. The second-order valence-electron chi connectivity index (χ2n) is 7.32. The smallest absolute Gasteiger partial charge is 0.268 e. The number of halogens is 2. The van der Waals surface area contributed by atoms with E-state index in [0.29, 0.717) is 22.2 Å². The molecule has 1 heterocycles. The van der Waals surface area contributed by atoms with Gasteiger partial charge in [-0.2, -0.15) is 0 Å². The summed E-state index contributed by atoms with van der Waals surface area (Å²) in [5.41, 5.74) is 2.54. The number of aliphatic imine (C=N–C) groups is 2. The molecule has 2 unspecified atom stereocenters. The standard InChI is InChI=1S/C23H26ClFN4OS/c1-15-22(31-19-7-4-17(24)5-8-19)13-21(29(15)3)23(30)28-14-16-12-18(6-9-20(16)25)27-11-10-26-2/h4,6-7,9-13,17,19H,5,8,14H2,1-3H3,(H,28,30). The molecule has 164 valence electrons. The Hall–Kier alpha value is -2.38. The number of aromatic nitrogens is 1. The summed E-state index contributed by atoms with van der Waals surface area (Å²) in [5.74, 6) is -0.631. The van der Waals surface area contributed by atoms with E-state index in [9.17, 15) is 9.18 Å². The fourth-order valence-corrected chi connectivity index (χ4v) is 4.71. The van der Waals surface area contributed by atoms with Gasteiger partial charge in [0.05, 0.1) is 11.1 Å². The molecule has 5 nitrogen and oxygen atoms in total. The van der Waals surface area contributed by atoms with Gasteiger partial charge in [0.15, 0.2) is 0 Å². The van der Waals surface area contributed by atoms with E-state index < -0.39 is 0 Å². The summed E-state index contributed by atoms with van der Waals surface area (Å²) in [5, 5.41) is 3.28. The van der Waals surface area contributed by atoms with Gasteiger partial charge in [0.25, 0.3) is 5.91 Å². The van der Waals surface area contributed by atoms with E-state index in [1.807, 2.05) is 30.7 Å². The second kappa shape index (κ2) is 10.8. The van der Waals surface area contributed by atoms with E-state index in [1.165, 1.54) is 12.3 Å². The molecule has 0 fully saturated rings. The van der Waals surface area contributed by atoms with Crippen molar-refractivity contribution in [2.75, 3.05) is 7.05 Å². The molecule has 3 rings (SSSR count). The summed E-state index contributed by atoms with van der Waals surface area (Å²) in [6.07, 6.45) is 9.23. The lowest BCUT2D eigenvalue weighted by atomic mass is 10.1. The molecule has 0 spiro atoms. The number of nitrogens with zero attached hydrogens (tertiary/aromatic N) is 3. The minimum absolute atomic E-state index is 0.0745. The maximum atomic E-state index is 14.2. The van der Waals surface area contributed by atoms with Crippen LogP contribution in [-0.4, -0.2) is 40.6 Å². The molecular weight excluding hydrogens is 435 g/mol. The van der Waals surface area contributed by atoms with Gasteiger partial charge in [-0.1, -0.05) is 12.2 Å². The van der Waals surface area contributed by atoms with Gasteiger partial charge in [0, 0.05) is 54.5 Å². The first-order chi connectivity index (χ1) is 14.9. The van der Waals surface area contributed by atoms with Crippen LogP contribution in [0.25, 0.3) is 0 Å². The van der Waals surface area contributed by atoms with Crippen LogP contribution in [0.2, 0.25) is 0 Å². The summed E-state index contributed by atoms with van der Waals surface area (Å²) in [7, 11) is 3.51. The molecule has 1 aliphatic rings. The molecule has 8 heteroatoms. The summed E-state index contributed by atoms with van der Waals surface area (Å²) in [4.78, 5) is 21.9.